The van der Waals surface area contributed by atoms with Gasteiger partial charge >= 0.3 is 0 Å². The number of hydrogen-bond acceptors (Lipinski definition) is 1. The van der Waals surface area contributed by atoms with Gasteiger partial charge in [0, 0.05) is 20.0 Å². The van der Waals surface area contributed by atoms with Crippen molar-refractivity contribution in [3.8, 4) is 0 Å². The zero-order valence-electron chi connectivity index (χ0n) is 12.0. The van der Waals surface area contributed by atoms with E-state index in [2.05, 4.69) is 0 Å². The maximum absolute atomic E-state index is 12.9. The zero-order chi connectivity index (χ0) is 14.1. The predicted molar refractivity (Wildman–Crippen MR) is 76.4 cm³/mol. The molecule has 0 N–H and O–H groups in total. The van der Waals surface area contributed by atoms with Gasteiger partial charge < -0.3 is 4.90 Å². The van der Waals surface area contributed by atoms with E-state index in [0.29, 0.717) is 18.9 Å². The molecule has 2 saturated carbocycles. The third-order valence-electron chi connectivity index (χ3n) is 5.08. The predicted octanol–water partition coefficient (Wildman–Crippen LogP) is 3.61. The maximum Gasteiger partial charge on any atom is 0.222 e. The number of carbonyl (C=O) groups excluding carboxylic acids is 1. The molecular formula is C17H22FNO. The molecule has 3 atom stereocenters. The third-order valence-corrected chi connectivity index (χ3v) is 5.08. The molecule has 0 heterocycles. The van der Waals surface area contributed by atoms with Crippen LogP contribution in [0, 0.1) is 23.6 Å². The van der Waals surface area contributed by atoms with Crippen molar-refractivity contribution in [1.82, 2.24) is 4.90 Å². The Bertz CT molecular complexity index is 484. The zero-order valence-corrected chi connectivity index (χ0v) is 12.0. The van der Waals surface area contributed by atoms with Crippen molar-refractivity contribution in [2.45, 2.75) is 38.6 Å². The SMILES string of the molecule is CN(Cc1ccc(F)cc1)C(=O)CC1CC2CCC1C2. The molecule has 2 nitrogen and oxygen atoms in total. The van der Waals surface area contributed by atoms with Crippen molar-refractivity contribution in [2.24, 2.45) is 17.8 Å². The van der Waals surface area contributed by atoms with Gasteiger partial charge in [0.2, 0.25) is 5.91 Å². The van der Waals surface area contributed by atoms with Crippen LogP contribution in [0.15, 0.2) is 24.3 Å². The van der Waals surface area contributed by atoms with Gasteiger partial charge in [0.1, 0.15) is 5.82 Å². The number of amides is 1. The van der Waals surface area contributed by atoms with E-state index in [4.69, 9.17) is 0 Å². The second-order valence-electron chi connectivity index (χ2n) is 6.52. The van der Waals surface area contributed by atoms with Crippen molar-refractivity contribution in [3.05, 3.63) is 35.6 Å². The Hall–Kier alpha value is -1.38. The Morgan fingerprint density at radius 3 is 2.60 bits per heavy atom. The molecule has 1 aromatic rings. The minimum Gasteiger partial charge on any atom is -0.341 e. The smallest absolute Gasteiger partial charge is 0.222 e. The first-order valence-corrected chi connectivity index (χ1v) is 7.60. The Morgan fingerprint density at radius 1 is 1.25 bits per heavy atom. The summed E-state index contributed by atoms with van der Waals surface area (Å²) in [5.41, 5.74) is 0.982. The normalized spacial score (nSPS) is 27.8. The monoisotopic (exact) mass is 275 g/mol. The van der Waals surface area contributed by atoms with Gasteiger partial charge in [-0.05, 0) is 54.7 Å². The van der Waals surface area contributed by atoms with Crippen molar-refractivity contribution in [3.63, 3.8) is 0 Å². The van der Waals surface area contributed by atoms with Crippen molar-refractivity contribution < 1.29 is 9.18 Å². The molecule has 0 saturated heterocycles. The highest BCUT2D eigenvalue weighted by Gasteiger charge is 2.40. The minimum atomic E-state index is -0.232. The van der Waals surface area contributed by atoms with E-state index in [0.717, 1.165) is 17.4 Å². The molecule has 108 valence electrons. The third kappa shape index (κ3) is 2.87. The van der Waals surface area contributed by atoms with E-state index in [9.17, 15) is 9.18 Å². The van der Waals surface area contributed by atoms with Gasteiger partial charge in [-0.15, -0.1) is 0 Å². The summed E-state index contributed by atoms with van der Waals surface area (Å²) in [4.78, 5) is 14.1. The lowest BCUT2D eigenvalue weighted by Gasteiger charge is -2.24. The molecule has 20 heavy (non-hydrogen) atoms. The summed E-state index contributed by atoms with van der Waals surface area (Å²) >= 11 is 0. The second kappa shape index (κ2) is 5.55. The summed E-state index contributed by atoms with van der Waals surface area (Å²) < 4.78 is 12.9. The summed E-state index contributed by atoms with van der Waals surface area (Å²) in [5.74, 6) is 2.29. The Morgan fingerprint density at radius 2 is 2.00 bits per heavy atom. The summed E-state index contributed by atoms with van der Waals surface area (Å²) in [6, 6.07) is 6.39. The van der Waals surface area contributed by atoms with Gasteiger partial charge in [0.05, 0.1) is 0 Å². The second-order valence-corrected chi connectivity index (χ2v) is 6.52. The largest absolute Gasteiger partial charge is 0.341 e. The number of benzene rings is 1. The van der Waals surface area contributed by atoms with Gasteiger partial charge in [0.15, 0.2) is 0 Å². The minimum absolute atomic E-state index is 0.229. The highest BCUT2D eigenvalue weighted by atomic mass is 19.1. The van der Waals surface area contributed by atoms with Crippen LogP contribution in [-0.2, 0) is 11.3 Å². The van der Waals surface area contributed by atoms with Crippen LogP contribution in [0.4, 0.5) is 4.39 Å². The fourth-order valence-corrected chi connectivity index (χ4v) is 3.96. The van der Waals surface area contributed by atoms with Crippen LogP contribution in [0.5, 0.6) is 0 Å². The molecule has 3 rings (SSSR count). The van der Waals surface area contributed by atoms with Crippen LogP contribution in [0.3, 0.4) is 0 Å². The molecule has 1 aromatic carbocycles. The first kappa shape index (κ1) is 13.6. The van der Waals surface area contributed by atoms with Gasteiger partial charge in [-0.2, -0.15) is 0 Å². The molecule has 1 amide bonds. The molecule has 3 unspecified atom stereocenters. The van der Waals surface area contributed by atoms with Gasteiger partial charge in [0.25, 0.3) is 0 Å². The van der Waals surface area contributed by atoms with Gasteiger partial charge in [-0.25, -0.2) is 4.39 Å². The Kier molecular flexibility index (Phi) is 3.77. The average molecular weight is 275 g/mol. The Labute approximate surface area is 120 Å². The molecule has 0 aliphatic heterocycles. The summed E-state index contributed by atoms with van der Waals surface area (Å²) in [5, 5.41) is 0. The van der Waals surface area contributed by atoms with Crippen LogP contribution < -0.4 is 0 Å². The van der Waals surface area contributed by atoms with Crippen LogP contribution in [0.1, 0.15) is 37.7 Å². The number of rotatable bonds is 4. The molecule has 2 bridgehead atoms. The fraction of sp³-hybridized carbons (Fsp3) is 0.588. The van der Waals surface area contributed by atoms with Gasteiger partial charge in [-0.1, -0.05) is 18.6 Å². The molecule has 2 fully saturated rings. The first-order valence-electron chi connectivity index (χ1n) is 7.60. The highest BCUT2D eigenvalue weighted by Crippen LogP contribution is 2.49. The van der Waals surface area contributed by atoms with Crippen LogP contribution in [0.25, 0.3) is 0 Å². The number of nitrogens with zero attached hydrogens (tertiary/aromatic N) is 1. The van der Waals surface area contributed by atoms with Crippen molar-refractivity contribution >= 4 is 5.91 Å². The van der Waals surface area contributed by atoms with E-state index < -0.39 is 0 Å². The topological polar surface area (TPSA) is 20.3 Å². The van der Waals surface area contributed by atoms with Crippen molar-refractivity contribution in [2.75, 3.05) is 7.05 Å². The summed E-state index contributed by atoms with van der Waals surface area (Å²) in [7, 11) is 1.85. The number of carbonyl (C=O) groups is 1. The van der Waals surface area contributed by atoms with Crippen molar-refractivity contribution in [1.29, 1.82) is 0 Å². The standard InChI is InChI=1S/C17H22FNO/c1-19(11-12-3-6-16(18)7-4-12)17(20)10-15-9-13-2-5-14(15)8-13/h3-4,6-7,13-15H,2,5,8-11H2,1H3. The van der Waals surface area contributed by atoms with Crippen LogP contribution in [0.2, 0.25) is 0 Å². The maximum atomic E-state index is 12.9. The first-order chi connectivity index (χ1) is 9.61. The molecule has 2 aliphatic rings. The lowest BCUT2D eigenvalue weighted by Crippen LogP contribution is -2.29. The summed E-state index contributed by atoms with van der Waals surface area (Å²) in [6.07, 6.45) is 5.99. The molecule has 0 radical (unpaired) electrons. The average Bonchev–Trinajstić information content (AvgIpc) is 3.03. The van der Waals surface area contributed by atoms with E-state index in [1.54, 1.807) is 17.0 Å². The van der Waals surface area contributed by atoms with E-state index in [1.807, 2.05) is 7.05 Å². The summed E-state index contributed by atoms with van der Waals surface area (Å²) in [6.45, 7) is 0.569. The van der Waals surface area contributed by atoms with E-state index in [-0.39, 0.29) is 11.7 Å². The van der Waals surface area contributed by atoms with Crippen LogP contribution in [-0.4, -0.2) is 17.9 Å². The number of fused-ring (bicyclic) bond motifs is 2. The molecule has 0 aromatic heterocycles. The fourth-order valence-electron chi connectivity index (χ4n) is 3.96. The lowest BCUT2D eigenvalue weighted by atomic mass is 9.86. The molecular weight excluding hydrogens is 253 g/mol. The molecule has 0 spiro atoms. The number of hydrogen-bond donors (Lipinski definition) is 0. The lowest BCUT2D eigenvalue weighted by molar-refractivity contribution is -0.131. The highest BCUT2D eigenvalue weighted by molar-refractivity contribution is 5.76. The quantitative estimate of drug-likeness (QED) is 0.822. The van der Waals surface area contributed by atoms with Crippen LogP contribution >= 0.6 is 0 Å². The van der Waals surface area contributed by atoms with Gasteiger partial charge in [-0.3, -0.25) is 4.79 Å². The Balaban J connectivity index is 1.53. The number of halogens is 1. The molecule has 3 heteroatoms. The van der Waals surface area contributed by atoms with E-state index in [1.165, 1.54) is 37.8 Å². The van der Waals surface area contributed by atoms with E-state index >= 15 is 0 Å². The molecule has 2 aliphatic carbocycles.